The fraction of sp³-hybridized carbons (Fsp3) is 1.00. The van der Waals surface area contributed by atoms with E-state index in [9.17, 15) is 0 Å². The van der Waals surface area contributed by atoms with E-state index in [1.807, 2.05) is 20.8 Å². The predicted molar refractivity (Wildman–Crippen MR) is 81.4 cm³/mol. The summed E-state index contributed by atoms with van der Waals surface area (Å²) in [6.07, 6.45) is 3.59. The monoisotopic (exact) mass is 310 g/mol. The van der Waals surface area contributed by atoms with Gasteiger partial charge in [0.25, 0.3) is 0 Å². The highest BCUT2D eigenvalue weighted by Crippen LogP contribution is 2.42. The Kier molecular flexibility index (Phi) is 14.3. The topological polar surface area (TPSA) is 46.2 Å². The zero-order valence-corrected chi connectivity index (χ0v) is 14.5. The van der Waals surface area contributed by atoms with Crippen molar-refractivity contribution >= 4 is 8.60 Å². The maximum Gasteiger partial charge on any atom is 0.337 e. The van der Waals surface area contributed by atoms with Crippen LogP contribution in [0.2, 0.25) is 0 Å². The molecule has 0 spiro atoms. The molecular weight excluding hydrogens is 279 g/mol. The van der Waals surface area contributed by atoms with E-state index in [0.717, 1.165) is 25.7 Å². The minimum Gasteiger partial charge on any atom is -0.352 e. The van der Waals surface area contributed by atoms with Crippen LogP contribution >= 0.6 is 8.60 Å². The van der Waals surface area contributed by atoms with Crippen molar-refractivity contribution in [1.82, 2.24) is 0 Å². The molecule has 5 nitrogen and oxygen atoms in total. The molecule has 0 rings (SSSR count). The normalized spacial score (nSPS) is 16.1. The second-order valence-electron chi connectivity index (χ2n) is 4.44. The molecule has 0 aromatic heterocycles. The van der Waals surface area contributed by atoms with Gasteiger partial charge < -0.3 is 14.0 Å². The molecule has 0 bridgehead atoms. The van der Waals surface area contributed by atoms with Crippen LogP contribution in [0.5, 0.6) is 0 Å². The summed E-state index contributed by atoms with van der Waals surface area (Å²) in [5.74, 6) is 0. The van der Waals surface area contributed by atoms with Crippen LogP contribution in [0.1, 0.15) is 60.3 Å². The molecule has 0 amide bonds. The average molecular weight is 310 g/mol. The van der Waals surface area contributed by atoms with E-state index in [0.29, 0.717) is 19.8 Å². The van der Waals surface area contributed by atoms with Gasteiger partial charge in [0.05, 0.1) is 6.61 Å². The summed E-state index contributed by atoms with van der Waals surface area (Å²) in [6, 6.07) is 0. The van der Waals surface area contributed by atoms with Crippen molar-refractivity contribution in [3.63, 3.8) is 0 Å². The third-order valence-electron chi connectivity index (χ3n) is 2.40. The Balaban J connectivity index is 3.94. The Morgan fingerprint density at radius 3 is 1.60 bits per heavy atom. The van der Waals surface area contributed by atoms with Gasteiger partial charge in [-0.3, -0.25) is 9.05 Å². The molecule has 0 fully saturated rings. The molecule has 0 aliphatic carbocycles. The molecule has 2 atom stereocenters. The molecule has 0 saturated heterocycles. The molecule has 122 valence electrons. The maximum absolute atomic E-state index is 5.63. The van der Waals surface area contributed by atoms with E-state index in [1.165, 1.54) is 0 Å². The Labute approximate surface area is 125 Å². The Hall–Kier alpha value is 0.230. The molecule has 0 radical (unpaired) electrons. The van der Waals surface area contributed by atoms with Crippen LogP contribution in [0.4, 0.5) is 0 Å². The molecule has 20 heavy (non-hydrogen) atoms. The lowest BCUT2D eigenvalue weighted by molar-refractivity contribution is -0.109. The Morgan fingerprint density at radius 2 is 1.25 bits per heavy atom. The van der Waals surface area contributed by atoms with Crippen LogP contribution in [-0.2, 0) is 23.0 Å². The van der Waals surface area contributed by atoms with Crippen LogP contribution < -0.4 is 0 Å². The van der Waals surface area contributed by atoms with Crippen LogP contribution in [0.15, 0.2) is 0 Å². The number of ether oxygens (including phenoxy) is 2. The third kappa shape index (κ3) is 12.0. The summed E-state index contributed by atoms with van der Waals surface area (Å²) in [5.41, 5.74) is 0. The first kappa shape index (κ1) is 20.2. The molecule has 0 saturated carbocycles. The largest absolute Gasteiger partial charge is 0.352 e. The highest BCUT2D eigenvalue weighted by Gasteiger charge is 2.20. The van der Waals surface area contributed by atoms with Gasteiger partial charge in [0.2, 0.25) is 0 Å². The van der Waals surface area contributed by atoms with Crippen LogP contribution in [0.3, 0.4) is 0 Å². The lowest BCUT2D eigenvalue weighted by atomic mass is 10.4. The zero-order valence-electron chi connectivity index (χ0n) is 13.6. The molecule has 6 heteroatoms. The molecule has 0 aromatic rings. The van der Waals surface area contributed by atoms with E-state index >= 15 is 0 Å². The molecule has 0 aliphatic rings. The molecule has 2 unspecified atom stereocenters. The lowest BCUT2D eigenvalue weighted by Gasteiger charge is -2.23. The summed E-state index contributed by atoms with van der Waals surface area (Å²) >= 11 is 0. The van der Waals surface area contributed by atoms with Crippen LogP contribution in [-0.4, -0.2) is 32.4 Å². The van der Waals surface area contributed by atoms with Crippen LogP contribution in [0, 0.1) is 0 Å². The number of rotatable bonds is 14. The van der Waals surface area contributed by atoms with Gasteiger partial charge in [-0.1, -0.05) is 26.7 Å². The van der Waals surface area contributed by atoms with Gasteiger partial charge in [-0.25, -0.2) is 0 Å². The molecule has 0 heterocycles. The SMILES string of the molecule is CCCCOC(C)OP(OCC)OC(C)OCCCC. The highest BCUT2D eigenvalue weighted by molar-refractivity contribution is 7.41. The lowest BCUT2D eigenvalue weighted by Crippen LogP contribution is -2.16. The van der Waals surface area contributed by atoms with Crippen molar-refractivity contribution in [1.29, 1.82) is 0 Å². The maximum atomic E-state index is 5.63. The molecule has 0 N–H and O–H groups in total. The first-order chi connectivity index (χ1) is 9.63. The number of unbranched alkanes of at least 4 members (excludes halogenated alkanes) is 2. The summed E-state index contributed by atoms with van der Waals surface area (Å²) < 4.78 is 27.8. The van der Waals surface area contributed by atoms with Gasteiger partial charge in [0.1, 0.15) is 0 Å². The van der Waals surface area contributed by atoms with Crippen molar-refractivity contribution in [2.24, 2.45) is 0 Å². The number of hydrogen-bond acceptors (Lipinski definition) is 5. The van der Waals surface area contributed by atoms with E-state index in [2.05, 4.69) is 13.8 Å². The summed E-state index contributed by atoms with van der Waals surface area (Å²) in [4.78, 5) is 0. The summed E-state index contributed by atoms with van der Waals surface area (Å²) in [5, 5.41) is 0. The van der Waals surface area contributed by atoms with Crippen molar-refractivity contribution in [2.45, 2.75) is 72.9 Å². The third-order valence-corrected chi connectivity index (χ3v) is 3.81. The van der Waals surface area contributed by atoms with Crippen molar-refractivity contribution in [3.8, 4) is 0 Å². The van der Waals surface area contributed by atoms with E-state index < -0.39 is 8.60 Å². The van der Waals surface area contributed by atoms with Gasteiger partial charge in [-0.05, 0) is 33.6 Å². The van der Waals surface area contributed by atoms with Gasteiger partial charge in [-0.15, -0.1) is 0 Å². The Bertz CT molecular complexity index is 188. The van der Waals surface area contributed by atoms with Gasteiger partial charge in [0.15, 0.2) is 12.6 Å². The van der Waals surface area contributed by atoms with E-state index in [1.54, 1.807) is 0 Å². The fourth-order valence-corrected chi connectivity index (χ4v) is 2.27. The second-order valence-corrected chi connectivity index (χ2v) is 5.56. The predicted octanol–water partition coefficient (Wildman–Crippen LogP) is 4.61. The number of hydrogen-bond donors (Lipinski definition) is 0. The smallest absolute Gasteiger partial charge is 0.337 e. The van der Waals surface area contributed by atoms with Crippen molar-refractivity contribution in [2.75, 3.05) is 19.8 Å². The summed E-state index contributed by atoms with van der Waals surface area (Å²) in [7, 11) is -1.43. The van der Waals surface area contributed by atoms with Crippen molar-refractivity contribution in [3.05, 3.63) is 0 Å². The van der Waals surface area contributed by atoms with Crippen molar-refractivity contribution < 1.29 is 23.0 Å². The average Bonchev–Trinajstić information content (AvgIpc) is 2.39. The quantitative estimate of drug-likeness (QED) is 0.266. The van der Waals surface area contributed by atoms with E-state index in [4.69, 9.17) is 23.0 Å². The minimum absolute atomic E-state index is 0.331. The zero-order chi connectivity index (χ0) is 15.2. The van der Waals surface area contributed by atoms with Gasteiger partial charge >= 0.3 is 8.60 Å². The summed E-state index contributed by atoms with van der Waals surface area (Å²) in [6.45, 7) is 11.8. The van der Waals surface area contributed by atoms with Crippen LogP contribution in [0.25, 0.3) is 0 Å². The van der Waals surface area contributed by atoms with Gasteiger partial charge in [-0.2, -0.15) is 0 Å². The molecular formula is C14H31O5P. The minimum atomic E-state index is -1.43. The Morgan fingerprint density at radius 1 is 0.800 bits per heavy atom. The fourth-order valence-electron chi connectivity index (χ4n) is 1.28. The molecule has 0 aromatic carbocycles. The first-order valence-corrected chi connectivity index (χ1v) is 8.73. The second kappa shape index (κ2) is 14.2. The molecule has 0 aliphatic heterocycles. The first-order valence-electron chi connectivity index (χ1n) is 7.63. The van der Waals surface area contributed by atoms with E-state index in [-0.39, 0.29) is 12.6 Å². The highest BCUT2D eigenvalue weighted by atomic mass is 31.2. The van der Waals surface area contributed by atoms with Gasteiger partial charge in [0, 0.05) is 13.2 Å². The standard InChI is InChI=1S/C14H31O5P/c1-6-9-11-15-13(4)18-20(17-8-3)19-14(5)16-12-10-7-2/h13-14H,6-12H2,1-5H3.